The second kappa shape index (κ2) is 7.99. The number of fused-ring (bicyclic) bond motifs is 1. The highest BCUT2D eigenvalue weighted by Gasteiger charge is 2.26. The molecule has 1 amide bonds. The van der Waals surface area contributed by atoms with E-state index in [1.807, 2.05) is 0 Å². The van der Waals surface area contributed by atoms with E-state index >= 15 is 0 Å². The average Bonchev–Trinajstić information content (AvgIpc) is 2.72. The topological polar surface area (TPSA) is 42.4 Å². The minimum atomic E-state index is -0.319. The van der Waals surface area contributed by atoms with Crippen LogP contribution in [0.3, 0.4) is 0 Å². The van der Waals surface area contributed by atoms with Crippen molar-refractivity contribution >= 4 is 5.91 Å². The minimum Gasteiger partial charge on any atom is -0.473 e. The van der Waals surface area contributed by atoms with Crippen molar-refractivity contribution in [3.63, 3.8) is 0 Å². The van der Waals surface area contributed by atoms with E-state index in [0.717, 1.165) is 0 Å². The normalized spacial score (nSPS) is 13.3. The summed E-state index contributed by atoms with van der Waals surface area (Å²) in [5, 5.41) is 0. The summed E-state index contributed by atoms with van der Waals surface area (Å²) in [7, 11) is 0. The molecule has 0 bridgehead atoms. The van der Waals surface area contributed by atoms with Gasteiger partial charge in [0.05, 0.1) is 11.3 Å². The first-order valence-electron chi connectivity index (χ1n) is 9.41. The van der Waals surface area contributed by atoms with Crippen LogP contribution in [0.4, 0.5) is 8.78 Å². The number of rotatable bonds is 5. The Morgan fingerprint density at radius 3 is 2.76 bits per heavy atom. The third kappa shape index (κ3) is 4.11. The molecule has 4 nitrogen and oxygen atoms in total. The van der Waals surface area contributed by atoms with Gasteiger partial charge in [-0.2, -0.15) is 0 Å². The van der Waals surface area contributed by atoms with Gasteiger partial charge in [0.15, 0.2) is 0 Å². The van der Waals surface area contributed by atoms with Gasteiger partial charge in [0.25, 0.3) is 5.91 Å². The zero-order chi connectivity index (χ0) is 20.4. The molecule has 0 radical (unpaired) electrons. The quantitative estimate of drug-likeness (QED) is 0.642. The van der Waals surface area contributed by atoms with Gasteiger partial charge in [-0.25, -0.2) is 13.8 Å². The molecule has 0 N–H and O–H groups in total. The van der Waals surface area contributed by atoms with Gasteiger partial charge in [-0.15, -0.1) is 0 Å². The Hall–Kier alpha value is -3.28. The zero-order valence-electron chi connectivity index (χ0n) is 16.0. The van der Waals surface area contributed by atoms with Gasteiger partial charge in [0.1, 0.15) is 18.2 Å². The van der Waals surface area contributed by atoms with E-state index in [4.69, 9.17) is 4.74 Å². The minimum absolute atomic E-state index is 0.170. The summed E-state index contributed by atoms with van der Waals surface area (Å²) in [4.78, 5) is 18.9. The molecular weight excluding hydrogens is 374 g/mol. The fraction of sp³-hybridized carbons (Fsp3) is 0.217. The molecule has 3 aromatic rings. The molecule has 0 unspecified atom stereocenters. The molecule has 0 aliphatic carbocycles. The molecule has 0 fully saturated rings. The van der Waals surface area contributed by atoms with Gasteiger partial charge in [0.2, 0.25) is 5.88 Å². The molecule has 0 saturated carbocycles. The number of benzene rings is 2. The first kappa shape index (κ1) is 19.1. The third-order valence-electron chi connectivity index (χ3n) is 4.99. The Kier molecular flexibility index (Phi) is 5.25. The second-order valence-corrected chi connectivity index (χ2v) is 7.09. The number of pyridine rings is 1. The standard InChI is InChI=1S/C23H20F2N2O2/c1-15-4-2-6-17(22(15)25)13-27-11-10-20-19(23(27)28)8-9-21(26-20)29-14-16-5-3-7-18(24)12-16/h2-9,12H,10-11,13-14H2,1H3. The van der Waals surface area contributed by atoms with Crippen molar-refractivity contribution in [3.8, 4) is 5.88 Å². The van der Waals surface area contributed by atoms with Crippen molar-refractivity contribution in [2.45, 2.75) is 26.5 Å². The Morgan fingerprint density at radius 1 is 1.10 bits per heavy atom. The van der Waals surface area contributed by atoms with E-state index in [9.17, 15) is 13.6 Å². The lowest BCUT2D eigenvalue weighted by Gasteiger charge is -2.28. The lowest BCUT2D eigenvalue weighted by Crippen LogP contribution is -2.37. The summed E-state index contributed by atoms with van der Waals surface area (Å²) < 4.78 is 33.2. The van der Waals surface area contributed by atoms with Crippen LogP contribution in [-0.4, -0.2) is 22.3 Å². The summed E-state index contributed by atoms with van der Waals surface area (Å²) in [5.41, 5.74) is 2.93. The molecule has 2 aromatic carbocycles. The number of amides is 1. The van der Waals surface area contributed by atoms with Crippen molar-refractivity contribution in [1.82, 2.24) is 9.88 Å². The van der Waals surface area contributed by atoms with E-state index in [1.165, 1.54) is 12.1 Å². The third-order valence-corrected chi connectivity index (χ3v) is 4.99. The van der Waals surface area contributed by atoms with Crippen molar-refractivity contribution in [3.05, 3.63) is 94.2 Å². The van der Waals surface area contributed by atoms with E-state index in [0.29, 0.717) is 46.8 Å². The first-order chi connectivity index (χ1) is 14.0. The number of aryl methyl sites for hydroxylation is 1. The number of carbonyl (C=O) groups excluding carboxylic acids is 1. The van der Waals surface area contributed by atoms with E-state index in [2.05, 4.69) is 4.98 Å². The Labute approximate surface area is 167 Å². The SMILES string of the molecule is Cc1cccc(CN2CCc3nc(OCc4cccc(F)c4)ccc3C2=O)c1F. The molecule has 29 heavy (non-hydrogen) atoms. The highest BCUT2D eigenvalue weighted by molar-refractivity contribution is 5.96. The van der Waals surface area contributed by atoms with Crippen molar-refractivity contribution in [2.75, 3.05) is 6.54 Å². The number of hydrogen-bond acceptors (Lipinski definition) is 3. The molecular formula is C23H20F2N2O2. The number of halogens is 2. The van der Waals surface area contributed by atoms with Gasteiger partial charge in [-0.1, -0.05) is 30.3 Å². The first-order valence-corrected chi connectivity index (χ1v) is 9.41. The molecule has 1 aliphatic rings. The Bertz CT molecular complexity index is 1070. The van der Waals surface area contributed by atoms with Crippen LogP contribution in [0.25, 0.3) is 0 Å². The molecule has 2 heterocycles. The number of nitrogens with zero attached hydrogens (tertiary/aromatic N) is 2. The molecule has 0 spiro atoms. The Balaban J connectivity index is 1.46. The van der Waals surface area contributed by atoms with Gasteiger partial charge < -0.3 is 9.64 Å². The smallest absolute Gasteiger partial charge is 0.256 e. The summed E-state index contributed by atoms with van der Waals surface area (Å²) in [6.45, 7) is 2.58. The monoisotopic (exact) mass is 394 g/mol. The number of ether oxygens (including phenoxy) is 1. The molecule has 6 heteroatoms. The molecule has 148 valence electrons. The van der Waals surface area contributed by atoms with Crippen LogP contribution in [0.2, 0.25) is 0 Å². The predicted octanol–water partition coefficient (Wildman–Crippen LogP) is 4.45. The maximum absolute atomic E-state index is 14.3. The zero-order valence-corrected chi connectivity index (χ0v) is 16.0. The summed E-state index contributed by atoms with van der Waals surface area (Å²) >= 11 is 0. The highest BCUT2D eigenvalue weighted by Crippen LogP contribution is 2.23. The molecule has 0 atom stereocenters. The van der Waals surface area contributed by atoms with Crippen LogP contribution in [0.15, 0.2) is 54.6 Å². The summed E-state index contributed by atoms with van der Waals surface area (Å²) in [6, 6.07) is 14.7. The van der Waals surface area contributed by atoms with Crippen LogP contribution in [0, 0.1) is 18.6 Å². The molecule has 0 saturated heterocycles. The predicted molar refractivity (Wildman–Crippen MR) is 105 cm³/mol. The summed E-state index contributed by atoms with van der Waals surface area (Å²) in [6.07, 6.45) is 0.561. The van der Waals surface area contributed by atoms with Crippen LogP contribution in [0.5, 0.6) is 5.88 Å². The van der Waals surface area contributed by atoms with Gasteiger partial charge in [-0.3, -0.25) is 4.79 Å². The van der Waals surface area contributed by atoms with Crippen molar-refractivity contribution < 1.29 is 18.3 Å². The van der Waals surface area contributed by atoms with Crippen LogP contribution >= 0.6 is 0 Å². The fourth-order valence-corrected chi connectivity index (χ4v) is 3.43. The van der Waals surface area contributed by atoms with Gasteiger partial charge in [0, 0.05) is 31.1 Å². The lowest BCUT2D eigenvalue weighted by molar-refractivity contribution is 0.0723. The van der Waals surface area contributed by atoms with Crippen molar-refractivity contribution in [2.24, 2.45) is 0 Å². The van der Waals surface area contributed by atoms with Gasteiger partial charge in [-0.05, 0) is 36.2 Å². The van der Waals surface area contributed by atoms with E-state index < -0.39 is 0 Å². The fourth-order valence-electron chi connectivity index (χ4n) is 3.43. The Morgan fingerprint density at radius 2 is 1.93 bits per heavy atom. The molecule has 1 aromatic heterocycles. The lowest BCUT2D eigenvalue weighted by atomic mass is 10.0. The maximum atomic E-state index is 14.3. The second-order valence-electron chi connectivity index (χ2n) is 7.09. The highest BCUT2D eigenvalue weighted by atomic mass is 19.1. The number of carbonyl (C=O) groups is 1. The molecule has 4 rings (SSSR count). The number of hydrogen-bond donors (Lipinski definition) is 0. The maximum Gasteiger partial charge on any atom is 0.256 e. The van der Waals surface area contributed by atoms with Crippen LogP contribution < -0.4 is 4.74 Å². The largest absolute Gasteiger partial charge is 0.473 e. The van der Waals surface area contributed by atoms with Crippen LogP contribution in [0.1, 0.15) is 32.7 Å². The van der Waals surface area contributed by atoms with E-state index in [1.54, 1.807) is 54.3 Å². The van der Waals surface area contributed by atoms with Crippen LogP contribution in [-0.2, 0) is 19.6 Å². The summed E-state index contributed by atoms with van der Waals surface area (Å²) in [5.74, 6) is -0.374. The van der Waals surface area contributed by atoms with Crippen molar-refractivity contribution in [1.29, 1.82) is 0 Å². The number of aromatic nitrogens is 1. The average molecular weight is 394 g/mol. The van der Waals surface area contributed by atoms with E-state index in [-0.39, 0.29) is 30.7 Å². The van der Waals surface area contributed by atoms with Gasteiger partial charge >= 0.3 is 0 Å². The molecule has 1 aliphatic heterocycles.